The van der Waals surface area contributed by atoms with E-state index in [0.717, 1.165) is 32.5 Å². The first-order chi connectivity index (χ1) is 11.2. The van der Waals surface area contributed by atoms with E-state index in [1.54, 1.807) is 11.8 Å². The minimum absolute atomic E-state index is 0.0970. The van der Waals surface area contributed by atoms with Crippen LogP contribution in [0.25, 0.3) is 11.0 Å². The fourth-order valence-corrected chi connectivity index (χ4v) is 3.41. The highest BCUT2D eigenvalue weighted by atomic mass is 79.9. The largest absolute Gasteiger partial charge is 0.337 e. The average molecular weight is 387 g/mol. The summed E-state index contributed by atoms with van der Waals surface area (Å²) in [5.74, 6) is 0.665. The number of nitrogens with one attached hydrogen (secondary N) is 2. The van der Waals surface area contributed by atoms with Gasteiger partial charge in [0.05, 0.1) is 22.1 Å². The van der Waals surface area contributed by atoms with Crippen molar-refractivity contribution < 1.29 is 4.79 Å². The average Bonchev–Trinajstić information content (AvgIpc) is 2.58. The van der Waals surface area contributed by atoms with Gasteiger partial charge < -0.3 is 10.6 Å². The summed E-state index contributed by atoms with van der Waals surface area (Å²) in [6, 6.07) is 13.6. The van der Waals surface area contributed by atoms with E-state index in [-0.39, 0.29) is 11.2 Å². The van der Waals surface area contributed by atoms with E-state index in [0.29, 0.717) is 5.69 Å². The van der Waals surface area contributed by atoms with Gasteiger partial charge in [0.15, 0.2) is 5.82 Å². The Morgan fingerprint density at radius 3 is 2.91 bits per heavy atom. The van der Waals surface area contributed by atoms with Gasteiger partial charge in [0, 0.05) is 10.6 Å². The van der Waals surface area contributed by atoms with Crippen LogP contribution >= 0.6 is 27.7 Å². The molecule has 23 heavy (non-hydrogen) atoms. The van der Waals surface area contributed by atoms with Gasteiger partial charge in [0.25, 0.3) is 0 Å². The number of amides is 1. The summed E-state index contributed by atoms with van der Waals surface area (Å²) in [6.07, 6.45) is 0. The van der Waals surface area contributed by atoms with Crippen molar-refractivity contribution in [2.45, 2.75) is 9.92 Å². The van der Waals surface area contributed by atoms with Gasteiger partial charge in [0.1, 0.15) is 5.03 Å². The van der Waals surface area contributed by atoms with Gasteiger partial charge in [-0.25, -0.2) is 9.97 Å². The molecule has 0 atom stereocenters. The van der Waals surface area contributed by atoms with Gasteiger partial charge in [-0.05, 0) is 30.3 Å². The molecule has 0 unspecified atom stereocenters. The minimum Gasteiger partial charge on any atom is -0.337 e. The zero-order valence-electron chi connectivity index (χ0n) is 11.8. The molecule has 2 heterocycles. The lowest BCUT2D eigenvalue weighted by atomic mass is 10.2. The standard InChI is InChI=1S/C16H11BrN4OS/c17-8-14(22)18-9-5-6-10-12(7-9)21-16-15(19-10)20-11-3-1-2-4-13(11)23-16/h1-7H,8H2,(H,18,22)(H,19,20). The third-order valence-electron chi connectivity index (χ3n) is 3.38. The number of para-hydroxylation sites is 1. The molecule has 0 saturated heterocycles. The molecule has 4 rings (SSSR count). The number of halogens is 1. The molecule has 0 radical (unpaired) electrons. The van der Waals surface area contributed by atoms with Crippen molar-refractivity contribution in [2.24, 2.45) is 0 Å². The maximum atomic E-state index is 11.5. The zero-order chi connectivity index (χ0) is 15.8. The van der Waals surface area contributed by atoms with Crippen molar-refractivity contribution >= 4 is 61.8 Å². The van der Waals surface area contributed by atoms with E-state index in [1.165, 1.54) is 0 Å². The molecule has 0 spiro atoms. The fourth-order valence-electron chi connectivity index (χ4n) is 2.35. The molecule has 1 amide bonds. The molecule has 5 nitrogen and oxygen atoms in total. The molecular formula is C16H11BrN4OS. The second kappa shape index (κ2) is 5.82. The first-order valence-electron chi connectivity index (χ1n) is 6.94. The Balaban J connectivity index is 1.74. The Hall–Kier alpha value is -2.12. The van der Waals surface area contributed by atoms with Crippen molar-refractivity contribution in [3.8, 4) is 0 Å². The highest BCUT2D eigenvalue weighted by Crippen LogP contribution is 2.42. The molecule has 0 bridgehead atoms. The molecule has 0 aliphatic carbocycles. The Labute approximate surface area is 145 Å². The van der Waals surface area contributed by atoms with Crippen LogP contribution < -0.4 is 10.6 Å². The molecule has 7 heteroatoms. The number of nitrogens with zero attached hydrogens (tertiary/aromatic N) is 2. The van der Waals surface area contributed by atoms with E-state index in [2.05, 4.69) is 42.6 Å². The Morgan fingerprint density at radius 1 is 1.17 bits per heavy atom. The van der Waals surface area contributed by atoms with Crippen molar-refractivity contribution in [1.82, 2.24) is 9.97 Å². The summed E-state index contributed by atoms with van der Waals surface area (Å²) in [5.41, 5.74) is 3.29. The summed E-state index contributed by atoms with van der Waals surface area (Å²) >= 11 is 4.73. The predicted octanol–water partition coefficient (Wildman–Crippen LogP) is 4.17. The summed E-state index contributed by atoms with van der Waals surface area (Å²) in [5, 5.41) is 7.22. The van der Waals surface area contributed by atoms with E-state index < -0.39 is 0 Å². The number of aromatic nitrogens is 2. The van der Waals surface area contributed by atoms with Gasteiger partial charge in [0.2, 0.25) is 5.91 Å². The van der Waals surface area contributed by atoms with Crippen molar-refractivity contribution in [3.05, 3.63) is 42.5 Å². The number of benzene rings is 2. The molecule has 3 aromatic rings. The van der Waals surface area contributed by atoms with Crippen LogP contribution in [0.2, 0.25) is 0 Å². The van der Waals surface area contributed by atoms with Crippen LogP contribution in [0.5, 0.6) is 0 Å². The van der Waals surface area contributed by atoms with Crippen LogP contribution in [0.4, 0.5) is 17.2 Å². The van der Waals surface area contributed by atoms with E-state index in [4.69, 9.17) is 0 Å². The smallest absolute Gasteiger partial charge is 0.235 e. The second-order valence-corrected chi connectivity index (χ2v) is 6.58. The van der Waals surface area contributed by atoms with Gasteiger partial charge in [-0.3, -0.25) is 4.79 Å². The molecule has 2 aromatic carbocycles. The number of rotatable bonds is 2. The summed E-state index contributed by atoms with van der Waals surface area (Å²) in [4.78, 5) is 21.9. The van der Waals surface area contributed by atoms with Crippen LogP contribution in [0.15, 0.2) is 52.4 Å². The Morgan fingerprint density at radius 2 is 2.04 bits per heavy atom. The molecular weight excluding hydrogens is 376 g/mol. The quantitative estimate of drug-likeness (QED) is 0.506. The molecule has 0 fully saturated rings. The van der Waals surface area contributed by atoms with Gasteiger partial charge in [-0.2, -0.15) is 0 Å². The first kappa shape index (κ1) is 14.5. The minimum atomic E-state index is -0.0970. The summed E-state index contributed by atoms with van der Waals surface area (Å²) in [6.45, 7) is 0. The maximum absolute atomic E-state index is 11.5. The summed E-state index contributed by atoms with van der Waals surface area (Å²) < 4.78 is 0. The molecule has 0 saturated carbocycles. The highest BCUT2D eigenvalue weighted by molar-refractivity contribution is 9.09. The molecule has 1 aromatic heterocycles. The number of carbonyl (C=O) groups is 1. The number of hydrogen-bond acceptors (Lipinski definition) is 5. The molecule has 2 N–H and O–H groups in total. The zero-order valence-corrected chi connectivity index (χ0v) is 14.2. The van der Waals surface area contributed by atoms with Crippen LogP contribution in [0.3, 0.4) is 0 Å². The van der Waals surface area contributed by atoms with E-state index in [9.17, 15) is 4.79 Å². The third-order valence-corrected chi connectivity index (χ3v) is 4.95. The van der Waals surface area contributed by atoms with Crippen molar-refractivity contribution in [3.63, 3.8) is 0 Å². The van der Waals surface area contributed by atoms with Crippen LogP contribution in [-0.4, -0.2) is 21.2 Å². The lowest BCUT2D eigenvalue weighted by molar-refractivity contribution is -0.113. The van der Waals surface area contributed by atoms with Crippen LogP contribution in [-0.2, 0) is 4.79 Å². The normalized spacial score (nSPS) is 12.2. The van der Waals surface area contributed by atoms with Gasteiger partial charge >= 0.3 is 0 Å². The predicted molar refractivity (Wildman–Crippen MR) is 95.8 cm³/mol. The first-order valence-corrected chi connectivity index (χ1v) is 8.88. The number of anilines is 3. The van der Waals surface area contributed by atoms with Crippen molar-refractivity contribution in [2.75, 3.05) is 16.0 Å². The highest BCUT2D eigenvalue weighted by Gasteiger charge is 2.18. The number of carbonyl (C=O) groups excluding carboxylic acids is 1. The Kier molecular flexibility index (Phi) is 3.66. The van der Waals surface area contributed by atoms with Crippen LogP contribution in [0.1, 0.15) is 0 Å². The molecule has 1 aliphatic rings. The summed E-state index contributed by atoms with van der Waals surface area (Å²) in [7, 11) is 0. The Bertz CT molecular complexity index is 931. The molecule has 1 aliphatic heterocycles. The van der Waals surface area contributed by atoms with E-state index in [1.807, 2.05) is 36.4 Å². The van der Waals surface area contributed by atoms with Gasteiger partial charge in [-0.15, -0.1) is 0 Å². The lowest BCUT2D eigenvalue weighted by Crippen LogP contribution is -2.12. The second-order valence-electron chi connectivity index (χ2n) is 4.99. The maximum Gasteiger partial charge on any atom is 0.235 e. The number of alkyl halides is 1. The fraction of sp³-hybridized carbons (Fsp3) is 0.0625. The monoisotopic (exact) mass is 386 g/mol. The molecule has 114 valence electrons. The lowest BCUT2D eigenvalue weighted by Gasteiger charge is -2.19. The van der Waals surface area contributed by atoms with E-state index >= 15 is 0 Å². The topological polar surface area (TPSA) is 66.9 Å². The number of fused-ring (bicyclic) bond motifs is 3. The SMILES string of the molecule is O=C(CBr)Nc1ccc2nc3c(nc2c1)Sc1ccccc1N3. The van der Waals surface area contributed by atoms with Crippen LogP contribution in [0, 0.1) is 0 Å². The van der Waals surface area contributed by atoms with Gasteiger partial charge in [-0.1, -0.05) is 39.8 Å². The van der Waals surface area contributed by atoms with Crippen molar-refractivity contribution in [1.29, 1.82) is 0 Å². The third kappa shape index (κ3) is 2.77. The number of hydrogen-bond donors (Lipinski definition) is 2.